The minimum Gasteiger partial charge on any atom is -0.497 e. The first-order chi connectivity index (χ1) is 14.0. The van der Waals surface area contributed by atoms with Gasteiger partial charge in [0, 0.05) is 13.1 Å². The maximum atomic E-state index is 10.6. The fourth-order valence-corrected chi connectivity index (χ4v) is 3.40. The maximum absolute atomic E-state index is 10.6. The molecule has 1 N–H and O–H groups in total. The third-order valence-corrected chi connectivity index (χ3v) is 4.61. The molecule has 5 nitrogen and oxygen atoms in total. The van der Waals surface area contributed by atoms with Crippen LogP contribution in [-0.4, -0.2) is 36.4 Å². The number of furan rings is 1. The topological polar surface area (TPSA) is 55.1 Å². The Morgan fingerprint density at radius 3 is 2.45 bits per heavy atom. The van der Waals surface area contributed by atoms with Crippen LogP contribution in [0.25, 0.3) is 0 Å². The van der Waals surface area contributed by atoms with Gasteiger partial charge >= 0.3 is 0 Å². The number of nitrogens with zero attached hydrogens (tertiary/aromatic N) is 1. The molecule has 1 heterocycles. The van der Waals surface area contributed by atoms with E-state index in [4.69, 9.17) is 13.9 Å². The van der Waals surface area contributed by atoms with Crippen LogP contribution >= 0.6 is 0 Å². The van der Waals surface area contributed by atoms with Crippen molar-refractivity contribution in [2.75, 3.05) is 20.3 Å². The summed E-state index contributed by atoms with van der Waals surface area (Å²) in [7, 11) is 1.66. The number of hydrogen-bond acceptors (Lipinski definition) is 5. The summed E-state index contributed by atoms with van der Waals surface area (Å²) in [6.45, 7) is 6.03. The molecule has 2 aromatic carbocycles. The molecule has 0 spiro atoms. The first-order valence-electron chi connectivity index (χ1n) is 9.78. The van der Waals surface area contributed by atoms with Crippen LogP contribution in [0.2, 0.25) is 0 Å². The number of ether oxygens (including phenoxy) is 2. The number of aryl methyl sites for hydroxylation is 2. The molecule has 3 rings (SSSR count). The van der Waals surface area contributed by atoms with E-state index in [1.807, 2.05) is 56.3 Å². The van der Waals surface area contributed by atoms with E-state index >= 15 is 0 Å². The van der Waals surface area contributed by atoms with E-state index in [1.54, 1.807) is 13.4 Å². The number of aliphatic hydroxyl groups is 1. The highest BCUT2D eigenvalue weighted by atomic mass is 16.5. The van der Waals surface area contributed by atoms with Crippen molar-refractivity contribution < 1.29 is 19.0 Å². The Bertz CT molecular complexity index is 871. The molecular formula is C24H29NO4. The molecule has 0 saturated carbocycles. The molecule has 5 heteroatoms. The lowest BCUT2D eigenvalue weighted by atomic mass is 10.1. The SMILES string of the molecule is COc1cccc(CN(Cc2ccco2)CC(O)COc2cc(C)cc(C)c2)c1. The second kappa shape index (κ2) is 10.1. The molecule has 0 bridgehead atoms. The van der Waals surface area contributed by atoms with Gasteiger partial charge in [0.2, 0.25) is 0 Å². The molecular weight excluding hydrogens is 366 g/mol. The highest BCUT2D eigenvalue weighted by Crippen LogP contribution is 2.18. The van der Waals surface area contributed by atoms with Crippen molar-refractivity contribution in [2.45, 2.75) is 33.0 Å². The predicted molar refractivity (Wildman–Crippen MR) is 113 cm³/mol. The van der Waals surface area contributed by atoms with Gasteiger partial charge in [-0.25, -0.2) is 0 Å². The molecule has 154 valence electrons. The molecule has 0 saturated heterocycles. The van der Waals surface area contributed by atoms with Gasteiger partial charge in [0.25, 0.3) is 0 Å². The quantitative estimate of drug-likeness (QED) is 0.553. The monoisotopic (exact) mass is 395 g/mol. The Labute approximate surface area is 172 Å². The van der Waals surface area contributed by atoms with Gasteiger partial charge in [-0.05, 0) is 66.9 Å². The van der Waals surface area contributed by atoms with Crippen LogP contribution in [0.3, 0.4) is 0 Å². The Morgan fingerprint density at radius 1 is 0.966 bits per heavy atom. The number of aliphatic hydroxyl groups excluding tert-OH is 1. The second-order valence-electron chi connectivity index (χ2n) is 7.39. The molecule has 0 amide bonds. The van der Waals surface area contributed by atoms with Gasteiger partial charge in [0.15, 0.2) is 0 Å². The zero-order chi connectivity index (χ0) is 20.6. The fraction of sp³-hybridized carbons (Fsp3) is 0.333. The second-order valence-corrected chi connectivity index (χ2v) is 7.39. The van der Waals surface area contributed by atoms with Gasteiger partial charge in [-0.2, -0.15) is 0 Å². The van der Waals surface area contributed by atoms with Gasteiger partial charge in [-0.3, -0.25) is 4.90 Å². The fourth-order valence-electron chi connectivity index (χ4n) is 3.40. The van der Waals surface area contributed by atoms with Crippen molar-refractivity contribution in [3.63, 3.8) is 0 Å². The van der Waals surface area contributed by atoms with E-state index in [0.29, 0.717) is 19.6 Å². The summed E-state index contributed by atoms with van der Waals surface area (Å²) in [6.07, 6.45) is 1.04. The molecule has 0 fully saturated rings. The van der Waals surface area contributed by atoms with E-state index in [-0.39, 0.29) is 6.61 Å². The van der Waals surface area contributed by atoms with E-state index in [9.17, 15) is 5.11 Å². The summed E-state index contributed by atoms with van der Waals surface area (Å²) in [4.78, 5) is 2.14. The van der Waals surface area contributed by atoms with Crippen LogP contribution in [0.4, 0.5) is 0 Å². The van der Waals surface area contributed by atoms with Crippen LogP contribution in [0.15, 0.2) is 65.3 Å². The maximum Gasteiger partial charge on any atom is 0.119 e. The van der Waals surface area contributed by atoms with Gasteiger partial charge < -0.3 is 19.0 Å². The number of hydrogen-bond donors (Lipinski definition) is 1. The Balaban J connectivity index is 1.63. The van der Waals surface area contributed by atoms with Crippen molar-refractivity contribution >= 4 is 0 Å². The number of methoxy groups -OCH3 is 1. The van der Waals surface area contributed by atoms with Crippen molar-refractivity contribution in [1.82, 2.24) is 4.90 Å². The summed E-state index contributed by atoms with van der Waals surface area (Å²) in [5, 5.41) is 10.6. The van der Waals surface area contributed by atoms with Gasteiger partial charge in [-0.1, -0.05) is 18.2 Å². The largest absolute Gasteiger partial charge is 0.497 e. The molecule has 3 aromatic rings. The zero-order valence-electron chi connectivity index (χ0n) is 17.3. The molecule has 1 aromatic heterocycles. The molecule has 0 aliphatic rings. The van der Waals surface area contributed by atoms with Crippen molar-refractivity contribution in [3.8, 4) is 11.5 Å². The van der Waals surface area contributed by atoms with E-state index in [0.717, 1.165) is 33.9 Å². The normalized spacial score (nSPS) is 12.2. The predicted octanol–water partition coefficient (Wildman–Crippen LogP) is 4.35. The van der Waals surface area contributed by atoms with E-state index < -0.39 is 6.10 Å². The van der Waals surface area contributed by atoms with Crippen LogP contribution in [0, 0.1) is 13.8 Å². The highest BCUT2D eigenvalue weighted by molar-refractivity contribution is 5.33. The molecule has 0 aliphatic carbocycles. The van der Waals surface area contributed by atoms with Crippen LogP contribution in [0.5, 0.6) is 11.5 Å². The third kappa shape index (κ3) is 6.66. The third-order valence-electron chi connectivity index (χ3n) is 4.61. The molecule has 1 atom stereocenters. The lowest BCUT2D eigenvalue weighted by Gasteiger charge is -2.24. The van der Waals surface area contributed by atoms with Crippen LogP contribution in [-0.2, 0) is 13.1 Å². The number of benzene rings is 2. The van der Waals surface area contributed by atoms with Crippen molar-refractivity contribution in [1.29, 1.82) is 0 Å². The summed E-state index contributed by atoms with van der Waals surface area (Å²) in [5.41, 5.74) is 3.40. The minimum atomic E-state index is -0.628. The molecule has 0 radical (unpaired) electrons. The van der Waals surface area contributed by atoms with E-state index in [1.165, 1.54) is 0 Å². The van der Waals surface area contributed by atoms with Crippen molar-refractivity contribution in [3.05, 3.63) is 83.3 Å². The zero-order valence-corrected chi connectivity index (χ0v) is 17.3. The highest BCUT2D eigenvalue weighted by Gasteiger charge is 2.15. The van der Waals surface area contributed by atoms with Gasteiger partial charge in [0.05, 0.1) is 19.9 Å². The minimum absolute atomic E-state index is 0.232. The Morgan fingerprint density at radius 2 is 1.76 bits per heavy atom. The first-order valence-corrected chi connectivity index (χ1v) is 9.78. The van der Waals surface area contributed by atoms with E-state index in [2.05, 4.69) is 17.0 Å². The average Bonchev–Trinajstić information content (AvgIpc) is 3.19. The summed E-state index contributed by atoms with van der Waals surface area (Å²) in [5.74, 6) is 2.46. The molecule has 1 unspecified atom stereocenters. The first kappa shape index (κ1) is 21.0. The van der Waals surface area contributed by atoms with Crippen LogP contribution < -0.4 is 9.47 Å². The standard InChI is InChI=1S/C24H29NO4/c1-18-10-19(2)12-24(11-18)29-17-21(26)15-25(16-23-8-5-9-28-23)14-20-6-4-7-22(13-20)27-3/h4-13,21,26H,14-17H2,1-3H3. The molecule has 29 heavy (non-hydrogen) atoms. The molecule has 0 aliphatic heterocycles. The average molecular weight is 395 g/mol. The van der Waals surface area contributed by atoms with Gasteiger partial charge in [-0.15, -0.1) is 0 Å². The smallest absolute Gasteiger partial charge is 0.119 e. The Kier molecular flexibility index (Phi) is 7.33. The number of rotatable bonds is 10. The lowest BCUT2D eigenvalue weighted by Crippen LogP contribution is -2.35. The summed E-state index contributed by atoms with van der Waals surface area (Å²) < 4.78 is 16.7. The Hall–Kier alpha value is -2.76. The summed E-state index contributed by atoms with van der Waals surface area (Å²) >= 11 is 0. The van der Waals surface area contributed by atoms with Crippen LogP contribution in [0.1, 0.15) is 22.5 Å². The van der Waals surface area contributed by atoms with Gasteiger partial charge in [0.1, 0.15) is 30.0 Å². The lowest BCUT2D eigenvalue weighted by molar-refractivity contribution is 0.0604. The van der Waals surface area contributed by atoms with Crippen molar-refractivity contribution in [2.24, 2.45) is 0 Å². The summed E-state index contributed by atoms with van der Waals surface area (Å²) in [6, 6.07) is 17.8.